The first-order valence-corrected chi connectivity index (χ1v) is 10.5. The summed E-state index contributed by atoms with van der Waals surface area (Å²) in [4.78, 5) is 28.7. The molecule has 0 aliphatic heterocycles. The summed E-state index contributed by atoms with van der Waals surface area (Å²) in [5, 5.41) is 2.43. The second kappa shape index (κ2) is 9.96. The normalized spacial score (nSPS) is 11.4. The first-order chi connectivity index (χ1) is 16.7. The lowest BCUT2D eigenvalue weighted by Gasteiger charge is -2.17. The zero-order valence-corrected chi connectivity index (χ0v) is 18.2. The molecule has 6 nitrogen and oxygen atoms in total. The molecule has 180 valence electrons. The van der Waals surface area contributed by atoms with E-state index in [9.17, 15) is 27.2 Å². The van der Waals surface area contributed by atoms with Crippen LogP contribution in [0.5, 0.6) is 5.75 Å². The summed E-state index contributed by atoms with van der Waals surface area (Å²) < 4.78 is 61.0. The summed E-state index contributed by atoms with van der Waals surface area (Å²) in [6.07, 6.45) is -1.56. The smallest absolute Gasteiger partial charge is 0.417 e. The highest BCUT2D eigenvalue weighted by molar-refractivity contribution is 5.85. The molecule has 0 radical (unpaired) electrons. The number of fused-ring (bicyclic) bond motifs is 1. The van der Waals surface area contributed by atoms with E-state index < -0.39 is 35.6 Å². The van der Waals surface area contributed by atoms with Crippen molar-refractivity contribution in [3.8, 4) is 5.75 Å². The van der Waals surface area contributed by atoms with Crippen LogP contribution >= 0.6 is 0 Å². The molecule has 2 heterocycles. The van der Waals surface area contributed by atoms with E-state index in [1.807, 2.05) is 0 Å². The zero-order valence-electron chi connectivity index (χ0n) is 18.2. The maximum atomic E-state index is 13.6. The minimum Gasteiger partial charge on any atom is -0.484 e. The minimum absolute atomic E-state index is 0.0534. The largest absolute Gasteiger partial charge is 0.484 e. The number of pyridine rings is 2. The van der Waals surface area contributed by atoms with Gasteiger partial charge < -0.3 is 14.6 Å². The Morgan fingerprint density at radius 1 is 1.03 bits per heavy atom. The van der Waals surface area contributed by atoms with Gasteiger partial charge in [-0.2, -0.15) is 13.2 Å². The number of halogens is 4. The van der Waals surface area contributed by atoms with E-state index >= 15 is 0 Å². The van der Waals surface area contributed by atoms with Crippen LogP contribution in [0, 0.1) is 5.82 Å². The molecular weight excluding hydrogens is 466 g/mol. The Labute approximate surface area is 196 Å². The third-order valence-corrected chi connectivity index (χ3v) is 5.20. The van der Waals surface area contributed by atoms with Crippen molar-refractivity contribution < 1.29 is 27.1 Å². The van der Waals surface area contributed by atoms with Crippen molar-refractivity contribution >= 4 is 16.8 Å². The van der Waals surface area contributed by atoms with Crippen molar-refractivity contribution in [1.82, 2.24) is 14.9 Å². The molecule has 0 spiro atoms. The number of hydrogen-bond donors (Lipinski definition) is 1. The van der Waals surface area contributed by atoms with Crippen LogP contribution in [0.1, 0.15) is 16.7 Å². The van der Waals surface area contributed by atoms with Crippen molar-refractivity contribution in [2.75, 3.05) is 6.61 Å². The Morgan fingerprint density at radius 3 is 2.54 bits per heavy atom. The van der Waals surface area contributed by atoms with Gasteiger partial charge >= 0.3 is 6.18 Å². The fraction of sp³-hybridized carbons (Fsp3) is 0.160. The maximum absolute atomic E-state index is 13.6. The van der Waals surface area contributed by atoms with E-state index in [1.165, 1.54) is 36.4 Å². The number of carbonyl (C=O) groups is 1. The Bertz CT molecular complexity index is 1420. The Hall–Kier alpha value is -4.21. The van der Waals surface area contributed by atoms with Crippen molar-refractivity contribution in [2.45, 2.75) is 19.3 Å². The number of nitrogens with one attached hydrogen (secondary N) is 1. The van der Waals surface area contributed by atoms with E-state index in [0.29, 0.717) is 11.6 Å². The molecule has 2 aromatic heterocycles. The Balaban J connectivity index is 1.62. The fourth-order valence-corrected chi connectivity index (χ4v) is 3.57. The molecule has 0 aliphatic rings. The predicted octanol–water partition coefficient (Wildman–Crippen LogP) is 4.30. The van der Waals surface area contributed by atoms with E-state index in [4.69, 9.17) is 4.74 Å². The first kappa shape index (κ1) is 23.9. The van der Waals surface area contributed by atoms with E-state index in [-0.39, 0.29) is 29.7 Å². The maximum Gasteiger partial charge on any atom is 0.417 e. The van der Waals surface area contributed by atoms with Crippen LogP contribution in [0.4, 0.5) is 17.6 Å². The van der Waals surface area contributed by atoms with Gasteiger partial charge in [0.25, 0.3) is 11.5 Å². The summed E-state index contributed by atoms with van der Waals surface area (Å²) in [7, 11) is 0. The summed E-state index contributed by atoms with van der Waals surface area (Å²) in [5.41, 5.74) is -0.863. The second-order valence-corrected chi connectivity index (χ2v) is 7.72. The SMILES string of the molecule is O=C(COc1ccc2c(C(F)(F)F)cc(=O)n(Cc3cccc(F)c3)c2c1)NCc1cccnc1. The number of alkyl halides is 3. The van der Waals surface area contributed by atoms with Gasteiger partial charge in [-0.15, -0.1) is 0 Å². The molecule has 1 N–H and O–H groups in total. The lowest BCUT2D eigenvalue weighted by molar-refractivity contribution is -0.136. The topological polar surface area (TPSA) is 73.2 Å². The van der Waals surface area contributed by atoms with Gasteiger partial charge in [0.1, 0.15) is 11.6 Å². The summed E-state index contributed by atoms with van der Waals surface area (Å²) in [6, 6.07) is 13.2. The van der Waals surface area contributed by atoms with E-state index in [2.05, 4.69) is 10.3 Å². The average Bonchev–Trinajstić information content (AvgIpc) is 2.83. The lowest BCUT2D eigenvalue weighted by Crippen LogP contribution is -2.28. The lowest BCUT2D eigenvalue weighted by atomic mass is 10.1. The minimum atomic E-state index is -4.76. The molecule has 0 aliphatic carbocycles. The molecule has 2 aromatic carbocycles. The van der Waals surface area contributed by atoms with Crippen LogP contribution in [0.15, 0.2) is 77.9 Å². The molecule has 0 bridgehead atoms. The monoisotopic (exact) mass is 485 g/mol. The molecule has 1 amide bonds. The Morgan fingerprint density at radius 2 is 1.83 bits per heavy atom. The standard InChI is InChI=1S/C25H19F4N3O3/c26-18-5-1-3-16(9-18)14-32-22-10-19(6-7-20(22)21(11-24(32)34)25(27,28)29)35-15-23(33)31-13-17-4-2-8-30-12-17/h1-12H,13-15H2,(H,31,33). The summed E-state index contributed by atoms with van der Waals surface area (Å²) in [6.45, 7) is -0.311. The number of carbonyl (C=O) groups excluding carboxylic acids is 1. The van der Waals surface area contributed by atoms with Crippen LogP contribution in [0.2, 0.25) is 0 Å². The highest BCUT2D eigenvalue weighted by Crippen LogP contribution is 2.35. The number of rotatable bonds is 7. The summed E-state index contributed by atoms with van der Waals surface area (Å²) in [5.74, 6) is -0.885. The van der Waals surface area contributed by atoms with Crippen LogP contribution in [0.3, 0.4) is 0 Å². The van der Waals surface area contributed by atoms with Gasteiger partial charge in [0.15, 0.2) is 6.61 Å². The molecule has 0 saturated carbocycles. The van der Waals surface area contributed by atoms with Gasteiger partial charge in [0.05, 0.1) is 17.6 Å². The van der Waals surface area contributed by atoms with E-state index in [1.54, 1.807) is 30.6 Å². The van der Waals surface area contributed by atoms with E-state index in [0.717, 1.165) is 10.1 Å². The quantitative estimate of drug-likeness (QED) is 0.397. The average molecular weight is 485 g/mol. The van der Waals surface area contributed by atoms with Crippen LogP contribution in [-0.4, -0.2) is 22.1 Å². The fourth-order valence-electron chi connectivity index (χ4n) is 3.57. The molecule has 4 rings (SSSR count). The van der Waals surface area contributed by atoms with Crippen molar-refractivity contribution in [3.63, 3.8) is 0 Å². The molecule has 4 aromatic rings. The molecule has 0 saturated heterocycles. The van der Waals surface area contributed by atoms with Gasteiger partial charge in [0, 0.05) is 36.5 Å². The zero-order chi connectivity index (χ0) is 25.0. The van der Waals surface area contributed by atoms with Gasteiger partial charge in [0.2, 0.25) is 0 Å². The summed E-state index contributed by atoms with van der Waals surface area (Å²) >= 11 is 0. The van der Waals surface area contributed by atoms with Gasteiger partial charge in [-0.1, -0.05) is 18.2 Å². The second-order valence-electron chi connectivity index (χ2n) is 7.72. The number of amides is 1. The van der Waals surface area contributed by atoms with Crippen LogP contribution < -0.4 is 15.6 Å². The predicted molar refractivity (Wildman–Crippen MR) is 120 cm³/mol. The highest BCUT2D eigenvalue weighted by Gasteiger charge is 2.34. The number of nitrogens with zero attached hydrogens (tertiary/aromatic N) is 2. The number of ether oxygens (including phenoxy) is 1. The van der Waals surface area contributed by atoms with Crippen molar-refractivity contribution in [2.24, 2.45) is 0 Å². The molecular formula is C25H19F4N3O3. The third kappa shape index (κ3) is 5.84. The van der Waals surface area contributed by atoms with Gasteiger partial charge in [-0.25, -0.2) is 4.39 Å². The molecule has 10 heteroatoms. The number of aromatic nitrogens is 2. The van der Waals surface area contributed by atoms with Crippen LogP contribution in [-0.2, 0) is 24.1 Å². The van der Waals surface area contributed by atoms with Gasteiger partial charge in [-0.05, 0) is 41.5 Å². The van der Waals surface area contributed by atoms with Crippen molar-refractivity contribution in [3.05, 3.63) is 106 Å². The molecule has 0 atom stereocenters. The third-order valence-electron chi connectivity index (χ3n) is 5.20. The molecule has 0 unspecified atom stereocenters. The molecule has 35 heavy (non-hydrogen) atoms. The molecule has 0 fully saturated rings. The van der Waals surface area contributed by atoms with Crippen LogP contribution in [0.25, 0.3) is 10.9 Å². The number of benzene rings is 2. The first-order valence-electron chi connectivity index (χ1n) is 10.5. The number of hydrogen-bond acceptors (Lipinski definition) is 4. The van der Waals surface area contributed by atoms with Crippen molar-refractivity contribution in [1.29, 1.82) is 0 Å². The highest BCUT2D eigenvalue weighted by atomic mass is 19.4. The van der Waals surface area contributed by atoms with Gasteiger partial charge in [-0.3, -0.25) is 14.6 Å². The Kier molecular flexibility index (Phi) is 6.81.